The number of nitrogens with zero attached hydrogens (tertiary/aromatic N) is 1. The van der Waals surface area contributed by atoms with Crippen molar-refractivity contribution in [3.63, 3.8) is 0 Å². The molecule has 2 unspecified atom stereocenters. The predicted molar refractivity (Wildman–Crippen MR) is 160 cm³/mol. The number of pyridine rings is 1. The second kappa shape index (κ2) is 13.8. The van der Waals surface area contributed by atoms with E-state index in [1.165, 1.54) is 24.3 Å². The molecule has 0 bridgehead atoms. The fraction of sp³-hybridized carbons (Fsp3) is 0.273. The van der Waals surface area contributed by atoms with Crippen molar-refractivity contribution in [2.45, 2.75) is 44.8 Å². The zero-order chi connectivity index (χ0) is 31.4. The second-order valence-electron chi connectivity index (χ2n) is 10.6. The highest BCUT2D eigenvalue weighted by molar-refractivity contribution is 6.35. The Labute approximate surface area is 262 Å². The van der Waals surface area contributed by atoms with Gasteiger partial charge in [-0.05, 0) is 60.6 Å². The molecule has 230 valence electrons. The summed E-state index contributed by atoms with van der Waals surface area (Å²) in [5, 5.41) is 11.9. The van der Waals surface area contributed by atoms with Crippen molar-refractivity contribution >= 4 is 29.2 Å². The molecule has 4 aromatic rings. The van der Waals surface area contributed by atoms with Crippen LogP contribution in [0.5, 0.6) is 11.5 Å². The van der Waals surface area contributed by atoms with Crippen LogP contribution in [0.25, 0.3) is 11.1 Å². The lowest BCUT2D eigenvalue weighted by atomic mass is 9.96. The topological polar surface area (TPSA) is 71.7 Å². The van der Waals surface area contributed by atoms with Crippen molar-refractivity contribution in [1.29, 1.82) is 0 Å². The average molecular weight is 646 g/mol. The molecule has 0 amide bonds. The number of aromatic nitrogens is 1. The van der Waals surface area contributed by atoms with E-state index in [0.717, 1.165) is 25.2 Å². The molecule has 2 atom stereocenters. The summed E-state index contributed by atoms with van der Waals surface area (Å²) in [5.74, 6) is -1.84. The van der Waals surface area contributed by atoms with Gasteiger partial charge >= 0.3 is 12.6 Å². The van der Waals surface area contributed by atoms with E-state index >= 15 is 4.39 Å². The van der Waals surface area contributed by atoms with E-state index in [2.05, 4.69) is 4.74 Å². The first-order valence-corrected chi connectivity index (χ1v) is 14.7. The number of carbonyl (C=O) groups excluding carboxylic acids is 1. The molecule has 11 heteroatoms. The predicted octanol–water partition coefficient (Wildman–Crippen LogP) is 8.45. The number of benzene rings is 3. The first-order valence-electron chi connectivity index (χ1n) is 13.9. The number of halogens is 5. The van der Waals surface area contributed by atoms with E-state index in [1.54, 1.807) is 43.3 Å². The van der Waals surface area contributed by atoms with Crippen molar-refractivity contribution in [2.75, 3.05) is 6.61 Å². The van der Waals surface area contributed by atoms with Gasteiger partial charge in [0.25, 0.3) is 0 Å². The molecule has 44 heavy (non-hydrogen) atoms. The highest BCUT2D eigenvalue weighted by atomic mass is 35.5. The van der Waals surface area contributed by atoms with Crippen LogP contribution in [0, 0.1) is 16.9 Å². The van der Waals surface area contributed by atoms with E-state index in [4.69, 9.17) is 32.7 Å². The van der Waals surface area contributed by atoms with Crippen LogP contribution >= 0.6 is 23.2 Å². The lowest BCUT2D eigenvalue weighted by Crippen LogP contribution is -2.26. The molecule has 0 radical (unpaired) electrons. The van der Waals surface area contributed by atoms with Gasteiger partial charge in [0.2, 0.25) is 0 Å². The average Bonchev–Trinajstić information content (AvgIpc) is 3.82. The molecule has 1 aliphatic rings. The van der Waals surface area contributed by atoms with Gasteiger partial charge in [-0.15, -0.1) is 0 Å². The summed E-state index contributed by atoms with van der Waals surface area (Å²) in [4.78, 5) is 13.5. The third-order valence-electron chi connectivity index (χ3n) is 7.36. The number of rotatable bonds is 12. The van der Waals surface area contributed by atoms with E-state index in [1.807, 2.05) is 6.07 Å². The zero-order valence-electron chi connectivity index (χ0n) is 23.5. The third kappa shape index (κ3) is 7.76. The Balaban J connectivity index is 1.45. The molecule has 1 fully saturated rings. The monoisotopic (exact) mass is 645 g/mol. The smallest absolute Gasteiger partial charge is 0.387 e. The number of hydrogen-bond donors (Lipinski definition) is 0. The van der Waals surface area contributed by atoms with E-state index in [-0.39, 0.29) is 28.0 Å². The number of carbonyl (C=O) groups is 1. The molecule has 1 saturated carbocycles. The molecule has 0 spiro atoms. The summed E-state index contributed by atoms with van der Waals surface area (Å²) in [6.07, 6.45) is 3.08. The Morgan fingerprint density at radius 2 is 1.66 bits per heavy atom. The van der Waals surface area contributed by atoms with Crippen molar-refractivity contribution in [3.8, 4) is 22.6 Å². The van der Waals surface area contributed by atoms with E-state index in [0.29, 0.717) is 45.1 Å². The van der Waals surface area contributed by atoms with Crippen LogP contribution < -0.4 is 14.2 Å². The molecule has 3 aromatic carbocycles. The molecule has 1 heterocycles. The van der Waals surface area contributed by atoms with Crippen LogP contribution in [-0.2, 0) is 16.0 Å². The Kier molecular flexibility index (Phi) is 9.86. The van der Waals surface area contributed by atoms with E-state index in [9.17, 15) is 18.8 Å². The SMILES string of the molecule is CC(C(=O)OC(Cc1c(Cl)c[n+]([O-])cc1Cl)c1ccc(OC(F)F)c(OCC2CC2)c1)c1ccc(-c2ccccc2)c(F)c1. The van der Waals surface area contributed by atoms with Crippen LogP contribution in [0.3, 0.4) is 0 Å². The largest absolute Gasteiger partial charge is 0.619 e. The summed E-state index contributed by atoms with van der Waals surface area (Å²) in [7, 11) is 0. The summed E-state index contributed by atoms with van der Waals surface area (Å²) in [6.45, 7) is -1.18. The molecule has 6 nitrogen and oxygen atoms in total. The zero-order valence-corrected chi connectivity index (χ0v) is 25.0. The molecule has 0 aliphatic heterocycles. The maximum absolute atomic E-state index is 15.1. The minimum Gasteiger partial charge on any atom is -0.619 e. The Bertz CT molecular complexity index is 1610. The van der Waals surface area contributed by atoms with Gasteiger partial charge in [0.05, 0.1) is 12.5 Å². The van der Waals surface area contributed by atoms with Crippen LogP contribution in [-0.4, -0.2) is 19.2 Å². The van der Waals surface area contributed by atoms with Gasteiger partial charge in [-0.3, -0.25) is 4.79 Å². The lowest BCUT2D eigenvalue weighted by Gasteiger charge is -2.23. The summed E-state index contributed by atoms with van der Waals surface area (Å²) in [5.41, 5.74) is 2.19. The fourth-order valence-electron chi connectivity index (χ4n) is 4.69. The molecule has 1 aliphatic carbocycles. The summed E-state index contributed by atoms with van der Waals surface area (Å²) < 4.78 is 58.2. The second-order valence-corrected chi connectivity index (χ2v) is 11.4. The quantitative estimate of drug-likeness (QED) is 0.0878. The number of esters is 1. The van der Waals surface area contributed by atoms with Crippen molar-refractivity contribution in [3.05, 3.63) is 117 Å². The van der Waals surface area contributed by atoms with Crippen LogP contribution in [0.15, 0.2) is 79.1 Å². The third-order valence-corrected chi connectivity index (χ3v) is 8.02. The molecule has 0 N–H and O–H groups in total. The molecular formula is C33H28Cl2F3NO5. The normalized spacial score (nSPS) is 14.2. The minimum atomic E-state index is -3.08. The van der Waals surface area contributed by atoms with Gasteiger partial charge in [-0.25, -0.2) is 4.39 Å². The van der Waals surface area contributed by atoms with Crippen molar-refractivity contribution < 1.29 is 36.9 Å². The number of ether oxygens (including phenoxy) is 3. The molecular weight excluding hydrogens is 618 g/mol. The molecule has 0 saturated heterocycles. The first-order chi connectivity index (χ1) is 21.1. The van der Waals surface area contributed by atoms with Crippen LogP contribution in [0.1, 0.15) is 48.5 Å². The Morgan fingerprint density at radius 1 is 0.977 bits per heavy atom. The Hall–Kier alpha value is -3.95. The molecule has 5 rings (SSSR count). The Morgan fingerprint density at radius 3 is 2.30 bits per heavy atom. The number of alkyl halides is 2. The summed E-state index contributed by atoms with van der Waals surface area (Å²) in [6, 6.07) is 17.8. The van der Waals surface area contributed by atoms with Gasteiger partial charge < -0.3 is 19.4 Å². The first kappa shape index (κ1) is 31.5. The minimum absolute atomic E-state index is 0.0445. The van der Waals surface area contributed by atoms with Crippen LogP contribution in [0.2, 0.25) is 10.0 Å². The number of hydrogen-bond acceptors (Lipinski definition) is 5. The van der Waals surface area contributed by atoms with Gasteiger partial charge in [0, 0.05) is 17.5 Å². The van der Waals surface area contributed by atoms with Crippen molar-refractivity contribution in [2.24, 2.45) is 5.92 Å². The highest BCUT2D eigenvalue weighted by Gasteiger charge is 2.28. The highest BCUT2D eigenvalue weighted by Crippen LogP contribution is 2.38. The van der Waals surface area contributed by atoms with Gasteiger partial charge in [-0.1, -0.05) is 71.7 Å². The maximum atomic E-state index is 15.1. The van der Waals surface area contributed by atoms with Gasteiger partial charge in [0.1, 0.15) is 22.0 Å². The van der Waals surface area contributed by atoms with E-state index < -0.39 is 30.4 Å². The fourth-order valence-corrected chi connectivity index (χ4v) is 5.29. The lowest BCUT2D eigenvalue weighted by molar-refractivity contribution is -0.605. The van der Waals surface area contributed by atoms with Gasteiger partial charge in [-0.2, -0.15) is 13.5 Å². The molecule has 1 aromatic heterocycles. The summed E-state index contributed by atoms with van der Waals surface area (Å²) >= 11 is 12.7. The van der Waals surface area contributed by atoms with Gasteiger partial charge in [0.15, 0.2) is 23.9 Å². The van der Waals surface area contributed by atoms with Crippen LogP contribution in [0.4, 0.5) is 13.2 Å². The maximum Gasteiger partial charge on any atom is 0.387 e. The van der Waals surface area contributed by atoms with Crippen molar-refractivity contribution in [1.82, 2.24) is 0 Å². The standard InChI is InChI=1S/C33H28Cl2F3NO5/c1-19(22-9-11-24(28(36)13-22)21-5-3-2-4-6-21)32(40)43-30(15-25-26(34)16-39(41)17-27(25)35)23-10-12-29(44-33(37)38)31(14-23)42-18-20-7-8-20/h2-6,9-14,16-17,19-20,30,33H,7-8,15,18H2,1H3.